The molecule has 0 spiro atoms. The normalized spacial score (nSPS) is 10.2. The highest BCUT2D eigenvalue weighted by atomic mass is 16.5. The maximum atomic E-state index is 10.1. The number of nitrogens with one attached hydrogen (secondary N) is 1. The maximum absolute atomic E-state index is 10.1. The Balaban J connectivity index is 1.99. The highest BCUT2D eigenvalue weighted by Crippen LogP contribution is 1.93. The number of aliphatic carboxylic acids is 1. The van der Waals surface area contributed by atoms with Crippen LogP contribution in [0.5, 0.6) is 0 Å². The lowest BCUT2D eigenvalue weighted by molar-refractivity contribution is -0.137. The van der Waals surface area contributed by atoms with Gasteiger partial charge in [0.05, 0.1) is 5.69 Å². The third kappa shape index (κ3) is 4.27. The second-order valence-corrected chi connectivity index (χ2v) is 2.66. The molecule has 0 fully saturated rings. The van der Waals surface area contributed by atoms with Crippen molar-refractivity contribution in [3.8, 4) is 0 Å². The van der Waals surface area contributed by atoms with E-state index in [1.54, 1.807) is 6.07 Å². The highest BCUT2D eigenvalue weighted by molar-refractivity contribution is 5.66. The van der Waals surface area contributed by atoms with E-state index >= 15 is 0 Å². The van der Waals surface area contributed by atoms with Crippen LogP contribution in [0.15, 0.2) is 16.9 Å². The van der Waals surface area contributed by atoms with E-state index in [0.29, 0.717) is 19.5 Å². The third-order valence-corrected chi connectivity index (χ3v) is 1.54. The van der Waals surface area contributed by atoms with Gasteiger partial charge in [-0.25, -0.2) is 0 Å². The van der Waals surface area contributed by atoms with Gasteiger partial charge >= 0.3 is 5.97 Å². The second-order valence-electron chi connectivity index (χ2n) is 2.66. The Hall–Kier alpha value is -1.36. The number of nitrogens with zero attached hydrogens (tertiary/aromatic N) is 1. The molecule has 2 N–H and O–H groups in total. The summed E-state index contributed by atoms with van der Waals surface area (Å²) >= 11 is 0. The van der Waals surface area contributed by atoms with Gasteiger partial charge in [-0.3, -0.25) is 4.79 Å². The molecular weight excluding hydrogens is 172 g/mol. The van der Waals surface area contributed by atoms with Crippen LogP contribution in [0.2, 0.25) is 0 Å². The van der Waals surface area contributed by atoms with Gasteiger partial charge in [-0.05, 0) is 13.0 Å². The minimum Gasteiger partial charge on any atom is -0.481 e. The number of hydrogen-bond donors (Lipinski definition) is 2. The average molecular weight is 184 g/mol. The molecule has 5 heteroatoms. The van der Waals surface area contributed by atoms with Crippen LogP contribution in [0.4, 0.5) is 0 Å². The second kappa shape index (κ2) is 5.31. The van der Waals surface area contributed by atoms with Crippen molar-refractivity contribution < 1.29 is 14.4 Å². The van der Waals surface area contributed by atoms with Gasteiger partial charge in [0.15, 0.2) is 0 Å². The lowest BCUT2D eigenvalue weighted by Crippen LogP contribution is -2.15. The first-order chi connectivity index (χ1) is 6.29. The molecule has 0 aliphatic carbocycles. The molecule has 0 unspecified atom stereocenters. The number of hydrogen-bond acceptors (Lipinski definition) is 4. The Morgan fingerprint density at radius 2 is 2.54 bits per heavy atom. The Morgan fingerprint density at radius 3 is 3.15 bits per heavy atom. The van der Waals surface area contributed by atoms with Crippen LogP contribution in [0.25, 0.3) is 0 Å². The smallest absolute Gasteiger partial charge is 0.303 e. The summed E-state index contributed by atoms with van der Waals surface area (Å²) in [6.07, 6.45) is 2.34. The van der Waals surface area contributed by atoms with Crippen molar-refractivity contribution in [2.75, 3.05) is 6.54 Å². The SMILES string of the molecule is O=C(O)CCCNCc1ccon1. The monoisotopic (exact) mass is 184 g/mol. The highest BCUT2D eigenvalue weighted by Gasteiger charge is 1.97. The van der Waals surface area contributed by atoms with E-state index in [2.05, 4.69) is 15.0 Å². The molecule has 0 saturated heterocycles. The van der Waals surface area contributed by atoms with E-state index in [-0.39, 0.29) is 6.42 Å². The first kappa shape index (κ1) is 9.73. The lowest BCUT2D eigenvalue weighted by Gasteiger charge is -1.99. The van der Waals surface area contributed by atoms with Crippen molar-refractivity contribution in [3.05, 3.63) is 18.0 Å². The zero-order valence-electron chi connectivity index (χ0n) is 7.19. The summed E-state index contributed by atoms with van der Waals surface area (Å²) in [6, 6.07) is 1.77. The molecule has 0 aromatic carbocycles. The van der Waals surface area contributed by atoms with Gasteiger partial charge in [0, 0.05) is 19.0 Å². The van der Waals surface area contributed by atoms with E-state index in [1.807, 2.05) is 0 Å². The van der Waals surface area contributed by atoms with Crippen LogP contribution >= 0.6 is 0 Å². The maximum Gasteiger partial charge on any atom is 0.303 e. The van der Waals surface area contributed by atoms with Crippen molar-refractivity contribution in [3.63, 3.8) is 0 Å². The Bertz CT molecular complexity index is 246. The van der Waals surface area contributed by atoms with E-state index < -0.39 is 5.97 Å². The summed E-state index contributed by atoms with van der Waals surface area (Å²) < 4.78 is 4.63. The van der Waals surface area contributed by atoms with Gasteiger partial charge in [-0.15, -0.1) is 0 Å². The number of carbonyl (C=O) groups is 1. The molecule has 0 radical (unpaired) electrons. The zero-order chi connectivity index (χ0) is 9.52. The van der Waals surface area contributed by atoms with Crippen molar-refractivity contribution in [2.45, 2.75) is 19.4 Å². The van der Waals surface area contributed by atoms with Crippen LogP contribution in [-0.2, 0) is 11.3 Å². The molecule has 0 amide bonds. The standard InChI is InChI=1S/C8H12N2O3/c11-8(12)2-1-4-9-6-7-3-5-13-10-7/h3,5,9H,1-2,4,6H2,(H,11,12). The number of rotatable bonds is 6. The van der Waals surface area contributed by atoms with Crippen LogP contribution in [-0.4, -0.2) is 22.8 Å². The Labute approximate surface area is 75.7 Å². The van der Waals surface area contributed by atoms with Crippen molar-refractivity contribution >= 4 is 5.97 Å². The Kier molecular flexibility index (Phi) is 3.98. The van der Waals surface area contributed by atoms with E-state index in [0.717, 1.165) is 5.69 Å². The van der Waals surface area contributed by atoms with E-state index in [9.17, 15) is 4.79 Å². The van der Waals surface area contributed by atoms with Crippen LogP contribution in [0.1, 0.15) is 18.5 Å². The molecular formula is C8H12N2O3. The summed E-state index contributed by atoms with van der Waals surface area (Å²) in [7, 11) is 0. The van der Waals surface area contributed by atoms with Crippen LogP contribution < -0.4 is 5.32 Å². The summed E-state index contributed by atoms with van der Waals surface area (Å²) in [5.41, 5.74) is 0.829. The number of aromatic nitrogens is 1. The van der Waals surface area contributed by atoms with Gasteiger partial charge in [0.25, 0.3) is 0 Å². The molecule has 1 aromatic heterocycles. The topological polar surface area (TPSA) is 75.4 Å². The molecule has 13 heavy (non-hydrogen) atoms. The van der Waals surface area contributed by atoms with E-state index in [4.69, 9.17) is 5.11 Å². The number of carboxylic acids is 1. The van der Waals surface area contributed by atoms with Gasteiger partial charge < -0.3 is 14.9 Å². The molecule has 1 rings (SSSR count). The van der Waals surface area contributed by atoms with Crippen molar-refractivity contribution in [1.29, 1.82) is 0 Å². The Morgan fingerprint density at radius 1 is 1.69 bits per heavy atom. The molecule has 0 aliphatic heterocycles. The first-order valence-corrected chi connectivity index (χ1v) is 4.11. The predicted octanol–water partition coefficient (Wildman–Crippen LogP) is 0.629. The van der Waals surface area contributed by atoms with Crippen molar-refractivity contribution in [2.24, 2.45) is 0 Å². The summed E-state index contributed by atoms with van der Waals surface area (Å²) in [5.74, 6) is -0.761. The van der Waals surface area contributed by atoms with Crippen LogP contribution in [0.3, 0.4) is 0 Å². The van der Waals surface area contributed by atoms with Gasteiger partial charge in [0.2, 0.25) is 0 Å². The molecule has 72 valence electrons. The summed E-state index contributed by atoms with van der Waals surface area (Å²) in [5, 5.41) is 15.1. The quantitative estimate of drug-likeness (QED) is 0.634. The van der Waals surface area contributed by atoms with Crippen molar-refractivity contribution in [1.82, 2.24) is 10.5 Å². The third-order valence-electron chi connectivity index (χ3n) is 1.54. The van der Waals surface area contributed by atoms with Gasteiger partial charge in [0.1, 0.15) is 6.26 Å². The molecule has 5 nitrogen and oxygen atoms in total. The summed E-state index contributed by atoms with van der Waals surface area (Å²) in [4.78, 5) is 10.1. The van der Waals surface area contributed by atoms with Gasteiger partial charge in [-0.2, -0.15) is 0 Å². The lowest BCUT2D eigenvalue weighted by atomic mass is 10.3. The van der Waals surface area contributed by atoms with Gasteiger partial charge in [-0.1, -0.05) is 5.16 Å². The fourth-order valence-electron chi connectivity index (χ4n) is 0.910. The molecule has 1 heterocycles. The minimum atomic E-state index is -0.761. The fourth-order valence-corrected chi connectivity index (χ4v) is 0.910. The molecule has 0 atom stereocenters. The molecule has 0 bridgehead atoms. The van der Waals surface area contributed by atoms with E-state index in [1.165, 1.54) is 6.26 Å². The minimum absolute atomic E-state index is 0.200. The zero-order valence-corrected chi connectivity index (χ0v) is 7.19. The first-order valence-electron chi connectivity index (χ1n) is 4.11. The molecule has 0 saturated carbocycles. The average Bonchev–Trinajstić information content (AvgIpc) is 2.55. The largest absolute Gasteiger partial charge is 0.481 e. The predicted molar refractivity (Wildman–Crippen MR) is 45.1 cm³/mol. The molecule has 1 aromatic rings. The summed E-state index contributed by atoms with van der Waals surface area (Å²) in [6.45, 7) is 1.30. The number of carboxylic acid groups (broad SMARTS) is 1. The fraction of sp³-hybridized carbons (Fsp3) is 0.500. The van der Waals surface area contributed by atoms with Crippen LogP contribution in [0, 0.1) is 0 Å². The molecule has 0 aliphatic rings.